The Bertz CT molecular complexity index is 842. The Hall–Kier alpha value is -1.90. The maximum atomic E-state index is 12.0. The molecule has 1 heterocycles. The molecule has 0 aromatic carbocycles. The Balaban J connectivity index is 1.64. The van der Waals surface area contributed by atoms with E-state index in [1.54, 1.807) is 0 Å². The number of ether oxygens (including phenoxy) is 1. The van der Waals surface area contributed by atoms with Gasteiger partial charge in [0.2, 0.25) is 0 Å². The summed E-state index contributed by atoms with van der Waals surface area (Å²) in [4.78, 5) is 24.0. The molecule has 27 heavy (non-hydrogen) atoms. The van der Waals surface area contributed by atoms with Gasteiger partial charge in [0.25, 0.3) is 0 Å². The number of ketones is 1. The molecule has 3 fully saturated rings. The van der Waals surface area contributed by atoms with Crippen molar-refractivity contribution in [2.24, 2.45) is 17.3 Å². The van der Waals surface area contributed by atoms with Gasteiger partial charge in [-0.15, -0.1) is 0 Å². The highest BCUT2D eigenvalue weighted by atomic mass is 16.6. The minimum absolute atomic E-state index is 0.00837. The van der Waals surface area contributed by atoms with E-state index in [9.17, 15) is 9.59 Å². The van der Waals surface area contributed by atoms with Gasteiger partial charge in [-0.25, -0.2) is 0 Å². The third-order valence-electron chi connectivity index (χ3n) is 8.23. The molecule has 3 nitrogen and oxygen atoms in total. The molecule has 1 saturated heterocycles. The van der Waals surface area contributed by atoms with E-state index in [1.165, 1.54) is 22.3 Å². The van der Waals surface area contributed by atoms with Gasteiger partial charge in [-0.3, -0.25) is 9.59 Å². The zero-order valence-electron chi connectivity index (χ0n) is 16.2. The molecule has 3 heteroatoms. The van der Waals surface area contributed by atoms with Crippen LogP contribution in [0.3, 0.4) is 0 Å². The molecule has 1 spiro atoms. The first-order valence-corrected chi connectivity index (χ1v) is 10.5. The lowest BCUT2D eigenvalue weighted by Crippen LogP contribution is -2.50. The number of rotatable bonds is 1. The Morgan fingerprint density at radius 3 is 2.74 bits per heavy atom. The van der Waals surface area contributed by atoms with E-state index in [0.717, 1.165) is 44.9 Å². The van der Waals surface area contributed by atoms with E-state index in [1.807, 2.05) is 12.2 Å². The molecular formula is C24H28O3. The van der Waals surface area contributed by atoms with Gasteiger partial charge >= 0.3 is 5.97 Å². The fourth-order valence-corrected chi connectivity index (χ4v) is 7.06. The normalized spacial score (nSPS) is 42.0. The van der Waals surface area contributed by atoms with Crippen LogP contribution in [0.25, 0.3) is 0 Å². The summed E-state index contributed by atoms with van der Waals surface area (Å²) in [6, 6.07) is 0. The van der Waals surface area contributed by atoms with Crippen molar-refractivity contribution in [3.8, 4) is 0 Å². The molecule has 0 N–H and O–H groups in total. The molecule has 0 amide bonds. The zero-order chi connectivity index (χ0) is 18.8. The highest BCUT2D eigenvalue weighted by Gasteiger charge is 2.65. The number of allylic oxidation sites excluding steroid dienone is 7. The van der Waals surface area contributed by atoms with Gasteiger partial charge in [-0.2, -0.15) is 0 Å². The average molecular weight is 364 g/mol. The lowest BCUT2D eigenvalue weighted by molar-refractivity contribution is -0.160. The van der Waals surface area contributed by atoms with Crippen LogP contribution < -0.4 is 0 Å². The second-order valence-electron chi connectivity index (χ2n) is 9.31. The number of hydrogen-bond acceptors (Lipinski definition) is 3. The van der Waals surface area contributed by atoms with E-state index in [0.29, 0.717) is 24.7 Å². The second-order valence-corrected chi connectivity index (χ2v) is 9.31. The molecule has 4 atom stereocenters. The molecule has 0 aromatic rings. The smallest absolute Gasteiger partial charge is 0.306 e. The summed E-state index contributed by atoms with van der Waals surface area (Å²) in [6.45, 7) is 6.34. The highest BCUT2D eigenvalue weighted by molar-refractivity contribution is 5.93. The van der Waals surface area contributed by atoms with Crippen LogP contribution in [0.15, 0.2) is 47.1 Å². The minimum atomic E-state index is -0.274. The topological polar surface area (TPSA) is 43.4 Å². The summed E-state index contributed by atoms with van der Waals surface area (Å²) in [6.07, 6.45) is 14.2. The van der Waals surface area contributed by atoms with Gasteiger partial charge in [0.05, 0.1) is 0 Å². The van der Waals surface area contributed by atoms with Crippen LogP contribution in [0.5, 0.6) is 0 Å². The van der Waals surface area contributed by atoms with Crippen molar-refractivity contribution in [1.82, 2.24) is 0 Å². The van der Waals surface area contributed by atoms with Gasteiger partial charge in [0.1, 0.15) is 5.60 Å². The van der Waals surface area contributed by atoms with Crippen LogP contribution in [0.2, 0.25) is 0 Å². The molecule has 0 aromatic heterocycles. The Morgan fingerprint density at radius 1 is 1.15 bits per heavy atom. The molecule has 2 saturated carbocycles. The predicted octanol–water partition coefficient (Wildman–Crippen LogP) is 4.99. The van der Waals surface area contributed by atoms with Gasteiger partial charge in [0, 0.05) is 18.3 Å². The standard InChI is InChI=1S/C24H28O3/c1-3-4-16-14-23(2)20(9-11-24(23)12-10-21(26)27-24)19-7-5-15-13-17(25)6-8-18(15)22(16)19/h3-4,13,19-20H,1,5-12,14H2,2H3/b16-4+/t19?,20?,23-,24+/m0/s1. The number of carbonyl (C=O) groups is 2. The Morgan fingerprint density at radius 2 is 2.00 bits per heavy atom. The van der Waals surface area contributed by atoms with E-state index >= 15 is 0 Å². The van der Waals surface area contributed by atoms with E-state index in [2.05, 4.69) is 19.6 Å². The van der Waals surface area contributed by atoms with Crippen LogP contribution >= 0.6 is 0 Å². The molecule has 1 aliphatic heterocycles. The van der Waals surface area contributed by atoms with Crippen molar-refractivity contribution >= 4 is 11.8 Å². The first kappa shape index (κ1) is 17.2. The summed E-state index contributed by atoms with van der Waals surface area (Å²) in [5.41, 5.74) is 5.32. The van der Waals surface area contributed by atoms with Crippen LogP contribution in [0.4, 0.5) is 0 Å². The van der Waals surface area contributed by atoms with E-state index < -0.39 is 0 Å². The molecule has 0 bridgehead atoms. The third-order valence-corrected chi connectivity index (χ3v) is 8.23. The zero-order valence-corrected chi connectivity index (χ0v) is 16.2. The average Bonchev–Trinajstić information content (AvgIpc) is 3.15. The quantitative estimate of drug-likeness (QED) is 0.616. The van der Waals surface area contributed by atoms with E-state index in [4.69, 9.17) is 4.74 Å². The summed E-state index contributed by atoms with van der Waals surface area (Å²) < 4.78 is 6.05. The molecule has 0 radical (unpaired) electrons. The van der Waals surface area contributed by atoms with Crippen LogP contribution in [0.1, 0.15) is 64.7 Å². The van der Waals surface area contributed by atoms with Crippen molar-refractivity contribution in [2.45, 2.75) is 70.3 Å². The fourth-order valence-electron chi connectivity index (χ4n) is 7.06. The molecule has 2 unspecified atom stereocenters. The van der Waals surface area contributed by atoms with Gasteiger partial charge < -0.3 is 4.74 Å². The number of esters is 1. The van der Waals surface area contributed by atoms with Crippen LogP contribution in [-0.2, 0) is 14.3 Å². The molecule has 5 rings (SSSR count). The number of hydrogen-bond donors (Lipinski definition) is 0. The molecule has 5 aliphatic rings. The third kappa shape index (κ3) is 2.26. The summed E-state index contributed by atoms with van der Waals surface area (Å²) in [5, 5.41) is 0. The SMILES string of the molecule is C=C/C=C1\C[C@@]2(C)C(CC[C@@]23CCC(=O)O3)C2CCC3=CC(=O)CCC3=C12. The van der Waals surface area contributed by atoms with Gasteiger partial charge in [0.15, 0.2) is 5.78 Å². The van der Waals surface area contributed by atoms with E-state index in [-0.39, 0.29) is 22.8 Å². The highest BCUT2D eigenvalue weighted by Crippen LogP contribution is 2.67. The Labute approximate surface area is 161 Å². The molecule has 142 valence electrons. The maximum absolute atomic E-state index is 12.0. The number of carbonyl (C=O) groups excluding carboxylic acids is 2. The summed E-state index contributed by atoms with van der Waals surface area (Å²) in [7, 11) is 0. The van der Waals surface area contributed by atoms with Crippen LogP contribution in [-0.4, -0.2) is 17.4 Å². The van der Waals surface area contributed by atoms with Crippen molar-refractivity contribution < 1.29 is 14.3 Å². The maximum Gasteiger partial charge on any atom is 0.306 e. The van der Waals surface area contributed by atoms with Crippen molar-refractivity contribution in [1.29, 1.82) is 0 Å². The minimum Gasteiger partial charge on any atom is -0.458 e. The largest absolute Gasteiger partial charge is 0.458 e. The summed E-state index contributed by atoms with van der Waals surface area (Å²) >= 11 is 0. The summed E-state index contributed by atoms with van der Waals surface area (Å²) in [5.74, 6) is 1.34. The second kappa shape index (κ2) is 5.80. The molecular weight excluding hydrogens is 336 g/mol. The van der Waals surface area contributed by atoms with Gasteiger partial charge in [-0.05, 0) is 85.2 Å². The lowest BCUT2D eigenvalue weighted by Gasteiger charge is -2.52. The lowest BCUT2D eigenvalue weighted by atomic mass is 9.53. The monoisotopic (exact) mass is 364 g/mol. The first-order chi connectivity index (χ1) is 13.0. The number of fused-ring (bicyclic) bond motifs is 5. The van der Waals surface area contributed by atoms with Crippen molar-refractivity contribution in [3.05, 3.63) is 47.1 Å². The van der Waals surface area contributed by atoms with Crippen molar-refractivity contribution in [2.75, 3.05) is 0 Å². The van der Waals surface area contributed by atoms with Gasteiger partial charge in [-0.1, -0.05) is 25.7 Å². The van der Waals surface area contributed by atoms with Crippen LogP contribution in [0, 0.1) is 17.3 Å². The Kier molecular flexibility index (Phi) is 3.70. The fraction of sp³-hybridized carbons (Fsp3) is 0.583. The van der Waals surface area contributed by atoms with Crippen molar-refractivity contribution in [3.63, 3.8) is 0 Å². The first-order valence-electron chi connectivity index (χ1n) is 10.5. The predicted molar refractivity (Wildman–Crippen MR) is 104 cm³/mol. The molecule has 4 aliphatic carbocycles.